The largest absolute Gasteiger partial charge is 0.407 e. The van der Waals surface area contributed by atoms with E-state index in [0.717, 1.165) is 11.3 Å². The normalized spacial score (nSPS) is 10.4. The summed E-state index contributed by atoms with van der Waals surface area (Å²) in [6.45, 7) is 1.94. The minimum Gasteiger partial charge on any atom is -0.407 e. The lowest BCUT2D eigenvalue weighted by molar-refractivity contribution is 0.530. The number of nitrogens with zero attached hydrogens (tertiary/aromatic N) is 2. The standard InChI is InChI=1S/C10H9Cl2N3O/c1-6-3-2-4-7(12)9(6)13-10-15-14-8(5-11)16-10/h2-4H,5H2,1H3,(H,13,15). The molecule has 0 atom stereocenters. The SMILES string of the molecule is Cc1cccc(Cl)c1Nc1nnc(CCl)o1. The van der Waals surface area contributed by atoms with Crippen LogP contribution in [0.1, 0.15) is 11.5 Å². The number of para-hydroxylation sites is 1. The molecule has 84 valence electrons. The Morgan fingerprint density at radius 1 is 1.38 bits per heavy atom. The van der Waals surface area contributed by atoms with E-state index < -0.39 is 0 Å². The van der Waals surface area contributed by atoms with Crippen LogP contribution in [0.3, 0.4) is 0 Å². The van der Waals surface area contributed by atoms with Crippen LogP contribution in [0.5, 0.6) is 0 Å². The number of hydrogen-bond donors (Lipinski definition) is 1. The summed E-state index contributed by atoms with van der Waals surface area (Å²) in [5.41, 5.74) is 1.76. The summed E-state index contributed by atoms with van der Waals surface area (Å²) < 4.78 is 5.22. The molecule has 0 bridgehead atoms. The molecule has 0 radical (unpaired) electrons. The fraction of sp³-hybridized carbons (Fsp3) is 0.200. The Morgan fingerprint density at radius 2 is 2.19 bits per heavy atom. The van der Waals surface area contributed by atoms with Crippen LogP contribution in [0, 0.1) is 6.92 Å². The molecule has 1 aromatic heterocycles. The van der Waals surface area contributed by atoms with E-state index in [2.05, 4.69) is 15.5 Å². The maximum Gasteiger partial charge on any atom is 0.320 e. The molecule has 0 spiro atoms. The van der Waals surface area contributed by atoms with Gasteiger partial charge in [-0.25, -0.2) is 0 Å². The molecule has 6 heteroatoms. The lowest BCUT2D eigenvalue weighted by Gasteiger charge is -2.06. The van der Waals surface area contributed by atoms with Gasteiger partial charge in [-0.3, -0.25) is 0 Å². The van der Waals surface area contributed by atoms with Gasteiger partial charge in [-0.1, -0.05) is 28.8 Å². The molecule has 0 fully saturated rings. The van der Waals surface area contributed by atoms with Crippen LogP contribution in [-0.2, 0) is 5.88 Å². The summed E-state index contributed by atoms with van der Waals surface area (Å²) in [6, 6.07) is 5.88. The minimum atomic E-state index is 0.191. The average Bonchev–Trinajstić information content (AvgIpc) is 2.71. The van der Waals surface area contributed by atoms with Crippen LogP contribution in [0.4, 0.5) is 11.7 Å². The smallest absolute Gasteiger partial charge is 0.320 e. The van der Waals surface area contributed by atoms with Crippen LogP contribution in [0.15, 0.2) is 22.6 Å². The van der Waals surface area contributed by atoms with E-state index in [-0.39, 0.29) is 11.9 Å². The van der Waals surface area contributed by atoms with E-state index >= 15 is 0 Å². The van der Waals surface area contributed by atoms with Gasteiger partial charge in [0.15, 0.2) is 0 Å². The first-order valence-electron chi connectivity index (χ1n) is 4.61. The number of nitrogens with one attached hydrogen (secondary N) is 1. The summed E-state index contributed by atoms with van der Waals surface area (Å²) in [5, 5.41) is 11.1. The molecule has 2 rings (SSSR count). The van der Waals surface area contributed by atoms with Crippen molar-refractivity contribution in [3.8, 4) is 0 Å². The molecular formula is C10H9Cl2N3O. The summed E-state index contributed by atoms with van der Waals surface area (Å²) in [6.07, 6.45) is 0. The van der Waals surface area contributed by atoms with Crippen LogP contribution < -0.4 is 5.32 Å². The lowest BCUT2D eigenvalue weighted by Crippen LogP contribution is -1.94. The third kappa shape index (κ3) is 2.28. The van der Waals surface area contributed by atoms with Gasteiger partial charge in [0.25, 0.3) is 0 Å². The molecular weight excluding hydrogens is 249 g/mol. The molecule has 0 aliphatic carbocycles. The first-order valence-corrected chi connectivity index (χ1v) is 5.52. The van der Waals surface area contributed by atoms with Crippen molar-refractivity contribution in [2.24, 2.45) is 0 Å². The fourth-order valence-corrected chi connectivity index (χ4v) is 1.63. The molecule has 1 heterocycles. The molecule has 1 N–H and O–H groups in total. The van der Waals surface area contributed by atoms with Crippen molar-refractivity contribution >= 4 is 34.9 Å². The number of alkyl halides is 1. The average molecular weight is 258 g/mol. The Hall–Kier alpha value is -1.26. The zero-order valence-corrected chi connectivity index (χ0v) is 10.0. The fourth-order valence-electron chi connectivity index (χ4n) is 1.26. The van der Waals surface area contributed by atoms with Gasteiger partial charge in [0.2, 0.25) is 5.89 Å². The number of aryl methyl sites for hydroxylation is 1. The molecule has 16 heavy (non-hydrogen) atoms. The van der Waals surface area contributed by atoms with Gasteiger partial charge in [0, 0.05) is 0 Å². The van der Waals surface area contributed by atoms with Gasteiger partial charge in [-0.2, -0.15) is 0 Å². The van der Waals surface area contributed by atoms with Gasteiger partial charge in [-0.05, 0) is 18.6 Å². The second-order valence-corrected chi connectivity index (χ2v) is 3.87. The van der Waals surface area contributed by atoms with Crippen LogP contribution in [-0.4, -0.2) is 10.2 Å². The van der Waals surface area contributed by atoms with E-state index in [1.165, 1.54) is 0 Å². The molecule has 0 amide bonds. The highest BCUT2D eigenvalue weighted by atomic mass is 35.5. The third-order valence-corrected chi connectivity index (χ3v) is 2.58. The topological polar surface area (TPSA) is 51.0 Å². The number of halogens is 2. The summed E-state index contributed by atoms with van der Waals surface area (Å²) in [5.74, 6) is 0.560. The zero-order chi connectivity index (χ0) is 11.5. The second kappa shape index (κ2) is 4.72. The van der Waals surface area contributed by atoms with Crippen molar-refractivity contribution in [1.82, 2.24) is 10.2 Å². The van der Waals surface area contributed by atoms with Gasteiger partial charge in [-0.15, -0.1) is 16.7 Å². The highest BCUT2D eigenvalue weighted by molar-refractivity contribution is 6.33. The van der Waals surface area contributed by atoms with Gasteiger partial charge in [0.05, 0.1) is 10.7 Å². The number of hydrogen-bond acceptors (Lipinski definition) is 4. The predicted octanol–water partition coefficient (Wildman–Crippen LogP) is 3.51. The first kappa shape index (κ1) is 11.2. The Morgan fingerprint density at radius 3 is 2.81 bits per heavy atom. The minimum absolute atomic E-state index is 0.191. The lowest BCUT2D eigenvalue weighted by atomic mass is 10.2. The van der Waals surface area contributed by atoms with Crippen LogP contribution in [0.25, 0.3) is 0 Å². The molecule has 0 aliphatic heterocycles. The van der Waals surface area contributed by atoms with Gasteiger partial charge >= 0.3 is 6.01 Å². The highest BCUT2D eigenvalue weighted by Crippen LogP contribution is 2.28. The van der Waals surface area contributed by atoms with Crippen molar-refractivity contribution in [2.75, 3.05) is 5.32 Å². The van der Waals surface area contributed by atoms with E-state index in [9.17, 15) is 0 Å². The van der Waals surface area contributed by atoms with Gasteiger partial charge < -0.3 is 9.73 Å². The molecule has 2 aromatic rings. The van der Waals surface area contributed by atoms with Crippen molar-refractivity contribution in [1.29, 1.82) is 0 Å². The Bertz CT molecular complexity index is 478. The highest BCUT2D eigenvalue weighted by Gasteiger charge is 2.09. The summed E-state index contributed by atoms with van der Waals surface area (Å²) >= 11 is 11.6. The van der Waals surface area contributed by atoms with Crippen molar-refractivity contribution in [2.45, 2.75) is 12.8 Å². The molecule has 0 saturated carbocycles. The van der Waals surface area contributed by atoms with Crippen molar-refractivity contribution in [3.05, 3.63) is 34.7 Å². The number of anilines is 2. The van der Waals surface area contributed by atoms with E-state index in [0.29, 0.717) is 10.9 Å². The summed E-state index contributed by atoms with van der Waals surface area (Å²) in [4.78, 5) is 0. The van der Waals surface area contributed by atoms with E-state index in [1.54, 1.807) is 6.07 Å². The molecule has 4 nitrogen and oxygen atoms in total. The first-order chi connectivity index (χ1) is 7.70. The third-order valence-electron chi connectivity index (χ3n) is 2.04. The molecule has 0 unspecified atom stereocenters. The number of rotatable bonds is 3. The van der Waals surface area contributed by atoms with E-state index in [4.69, 9.17) is 27.6 Å². The van der Waals surface area contributed by atoms with Crippen molar-refractivity contribution in [3.63, 3.8) is 0 Å². The van der Waals surface area contributed by atoms with Gasteiger partial charge in [0.1, 0.15) is 5.88 Å². The van der Waals surface area contributed by atoms with Crippen LogP contribution in [0.2, 0.25) is 5.02 Å². The molecule has 0 saturated heterocycles. The zero-order valence-electron chi connectivity index (χ0n) is 8.50. The quantitative estimate of drug-likeness (QED) is 0.856. The van der Waals surface area contributed by atoms with E-state index in [1.807, 2.05) is 19.1 Å². The Balaban J connectivity index is 2.26. The summed E-state index contributed by atoms with van der Waals surface area (Å²) in [7, 11) is 0. The molecule has 1 aromatic carbocycles. The predicted molar refractivity (Wildman–Crippen MR) is 63.3 cm³/mol. The maximum atomic E-state index is 6.04. The van der Waals surface area contributed by atoms with Crippen LogP contribution >= 0.6 is 23.2 Å². The number of benzene rings is 1. The Labute approximate surface area is 103 Å². The Kier molecular flexibility index (Phi) is 3.31. The molecule has 0 aliphatic rings. The maximum absolute atomic E-state index is 6.04. The second-order valence-electron chi connectivity index (χ2n) is 3.19. The van der Waals surface area contributed by atoms with Crippen molar-refractivity contribution < 1.29 is 4.42 Å². The number of aromatic nitrogens is 2. The monoisotopic (exact) mass is 257 g/mol.